The molecular weight excluding hydrogens is 330 g/mol. The van der Waals surface area contributed by atoms with Crippen LogP contribution in [0.2, 0.25) is 0 Å². The van der Waals surface area contributed by atoms with Gasteiger partial charge in [0.05, 0.1) is 11.8 Å². The maximum atomic E-state index is 12.7. The van der Waals surface area contributed by atoms with Crippen molar-refractivity contribution in [1.29, 1.82) is 0 Å². The molecule has 1 amide bonds. The van der Waals surface area contributed by atoms with E-state index in [-0.39, 0.29) is 17.9 Å². The van der Waals surface area contributed by atoms with Gasteiger partial charge in [-0.3, -0.25) is 9.69 Å². The molecule has 6 nitrogen and oxygen atoms in total. The summed E-state index contributed by atoms with van der Waals surface area (Å²) >= 11 is 0. The largest absolute Gasteiger partial charge is 0.437 e. The van der Waals surface area contributed by atoms with Gasteiger partial charge in [0.2, 0.25) is 0 Å². The molecular formula is C20H25N3O3. The molecule has 1 fully saturated rings. The maximum Gasteiger partial charge on any atom is 0.309 e. The molecule has 0 spiro atoms. The highest BCUT2D eigenvalue weighted by Crippen LogP contribution is 2.28. The van der Waals surface area contributed by atoms with Gasteiger partial charge in [-0.1, -0.05) is 30.3 Å². The molecule has 4 rings (SSSR count). The predicted octanol–water partition coefficient (Wildman–Crippen LogP) is 2.65. The van der Waals surface area contributed by atoms with Crippen LogP contribution in [0, 0.1) is 0 Å². The van der Waals surface area contributed by atoms with Gasteiger partial charge >= 0.3 is 5.91 Å². The van der Waals surface area contributed by atoms with Crippen LogP contribution in [-0.4, -0.2) is 53.5 Å². The van der Waals surface area contributed by atoms with Crippen LogP contribution < -0.4 is 0 Å². The van der Waals surface area contributed by atoms with Gasteiger partial charge in [-0.15, -0.1) is 0 Å². The Morgan fingerprint density at radius 3 is 2.85 bits per heavy atom. The third-order valence-electron chi connectivity index (χ3n) is 5.54. The second-order valence-corrected chi connectivity index (χ2v) is 7.09. The molecule has 1 aromatic carbocycles. The molecule has 138 valence electrons. The van der Waals surface area contributed by atoms with Gasteiger partial charge in [-0.2, -0.15) is 0 Å². The first-order valence-corrected chi connectivity index (χ1v) is 9.25. The standard InChI is InChI=1S/C20H25N3O3/c1-14(15-6-4-3-5-7-15)22-11-9-18-17(13-22)21-19(26-18)20(24)23-10-8-16(12-23)25-2/h3-7,14,16H,8-13H2,1-2H3/t14-,16+/m1/s1. The average Bonchev–Trinajstić information content (AvgIpc) is 3.33. The van der Waals surface area contributed by atoms with Crippen LogP contribution in [-0.2, 0) is 17.7 Å². The van der Waals surface area contributed by atoms with E-state index in [4.69, 9.17) is 9.15 Å². The highest BCUT2D eigenvalue weighted by molar-refractivity contribution is 5.90. The van der Waals surface area contributed by atoms with Crippen LogP contribution in [0.15, 0.2) is 34.7 Å². The molecule has 1 saturated heterocycles. The summed E-state index contributed by atoms with van der Waals surface area (Å²) in [6, 6.07) is 10.8. The molecule has 0 N–H and O–H groups in total. The molecule has 2 aliphatic rings. The van der Waals surface area contributed by atoms with Crippen LogP contribution in [0.1, 0.15) is 47.1 Å². The summed E-state index contributed by atoms with van der Waals surface area (Å²) in [6.45, 7) is 5.13. The molecule has 2 aromatic rings. The number of amides is 1. The smallest absolute Gasteiger partial charge is 0.309 e. The van der Waals surface area contributed by atoms with E-state index in [0.29, 0.717) is 25.7 Å². The second kappa shape index (κ2) is 7.21. The van der Waals surface area contributed by atoms with E-state index in [2.05, 4.69) is 41.1 Å². The average molecular weight is 355 g/mol. The van der Waals surface area contributed by atoms with E-state index in [0.717, 1.165) is 30.8 Å². The van der Waals surface area contributed by atoms with Crippen molar-refractivity contribution in [3.05, 3.63) is 53.2 Å². The first-order chi connectivity index (χ1) is 12.7. The van der Waals surface area contributed by atoms with E-state index in [1.807, 2.05) is 6.07 Å². The van der Waals surface area contributed by atoms with Gasteiger partial charge in [0.15, 0.2) is 0 Å². The normalized spacial score (nSPS) is 21.6. The number of methoxy groups -OCH3 is 1. The monoisotopic (exact) mass is 355 g/mol. The first-order valence-electron chi connectivity index (χ1n) is 9.25. The van der Waals surface area contributed by atoms with Crippen molar-refractivity contribution in [2.24, 2.45) is 0 Å². The lowest BCUT2D eigenvalue weighted by Crippen LogP contribution is -2.32. The van der Waals surface area contributed by atoms with Gasteiger partial charge in [-0.05, 0) is 18.9 Å². The lowest BCUT2D eigenvalue weighted by atomic mass is 10.0. The summed E-state index contributed by atoms with van der Waals surface area (Å²) in [6.07, 6.45) is 1.77. The zero-order chi connectivity index (χ0) is 18.1. The minimum atomic E-state index is -0.124. The van der Waals surface area contributed by atoms with Crippen LogP contribution in [0.3, 0.4) is 0 Å². The van der Waals surface area contributed by atoms with Crippen molar-refractivity contribution >= 4 is 5.91 Å². The number of hydrogen-bond acceptors (Lipinski definition) is 5. The quantitative estimate of drug-likeness (QED) is 0.844. The zero-order valence-electron chi connectivity index (χ0n) is 15.4. The number of carbonyl (C=O) groups excluding carboxylic acids is 1. The Morgan fingerprint density at radius 1 is 1.31 bits per heavy atom. The van der Waals surface area contributed by atoms with Crippen molar-refractivity contribution in [2.45, 2.75) is 38.5 Å². The number of likely N-dealkylation sites (tertiary alicyclic amines) is 1. The number of oxazole rings is 1. The molecule has 0 bridgehead atoms. The van der Waals surface area contributed by atoms with Gasteiger partial charge in [0, 0.05) is 45.8 Å². The number of fused-ring (bicyclic) bond motifs is 1. The van der Waals surface area contributed by atoms with Crippen LogP contribution in [0.5, 0.6) is 0 Å². The number of rotatable bonds is 4. The molecule has 2 atom stereocenters. The van der Waals surface area contributed by atoms with Crippen molar-refractivity contribution < 1.29 is 13.9 Å². The number of hydrogen-bond donors (Lipinski definition) is 0. The van der Waals surface area contributed by atoms with E-state index in [1.165, 1.54) is 5.56 Å². The van der Waals surface area contributed by atoms with Gasteiger partial charge in [0.25, 0.3) is 5.89 Å². The fraction of sp³-hybridized carbons (Fsp3) is 0.500. The molecule has 0 aliphatic carbocycles. The zero-order valence-corrected chi connectivity index (χ0v) is 15.4. The summed E-state index contributed by atoms with van der Waals surface area (Å²) in [5.41, 5.74) is 2.18. The van der Waals surface area contributed by atoms with Gasteiger partial charge in [0.1, 0.15) is 5.76 Å². The molecule has 26 heavy (non-hydrogen) atoms. The summed E-state index contributed by atoms with van der Waals surface area (Å²) in [5, 5.41) is 0. The molecule has 3 heterocycles. The fourth-order valence-electron chi connectivity index (χ4n) is 3.82. The SMILES string of the molecule is CO[C@H]1CCN(C(=O)c2nc3c(o2)CCN([C@H](C)c2ccccc2)C3)C1. The third kappa shape index (κ3) is 3.27. The molecule has 1 aromatic heterocycles. The van der Waals surface area contributed by atoms with E-state index in [1.54, 1.807) is 12.0 Å². The molecule has 6 heteroatoms. The Balaban J connectivity index is 1.46. The van der Waals surface area contributed by atoms with E-state index >= 15 is 0 Å². The molecule has 2 aliphatic heterocycles. The Bertz CT molecular complexity index is 774. The number of benzene rings is 1. The second-order valence-electron chi connectivity index (χ2n) is 7.09. The summed E-state index contributed by atoms with van der Waals surface area (Å²) in [5.74, 6) is 0.954. The number of nitrogens with zero attached hydrogens (tertiary/aromatic N) is 3. The maximum absolute atomic E-state index is 12.7. The lowest BCUT2D eigenvalue weighted by molar-refractivity contribution is 0.0686. The summed E-state index contributed by atoms with van der Waals surface area (Å²) < 4.78 is 11.2. The summed E-state index contributed by atoms with van der Waals surface area (Å²) in [7, 11) is 1.69. The topological polar surface area (TPSA) is 58.8 Å². The highest BCUT2D eigenvalue weighted by Gasteiger charge is 2.32. The van der Waals surface area contributed by atoms with E-state index in [9.17, 15) is 4.79 Å². The predicted molar refractivity (Wildman–Crippen MR) is 96.8 cm³/mol. The Morgan fingerprint density at radius 2 is 2.12 bits per heavy atom. The number of ether oxygens (including phenoxy) is 1. The van der Waals surface area contributed by atoms with Crippen LogP contribution in [0.25, 0.3) is 0 Å². The van der Waals surface area contributed by atoms with E-state index < -0.39 is 0 Å². The van der Waals surface area contributed by atoms with Gasteiger partial charge < -0.3 is 14.1 Å². The Kier molecular flexibility index (Phi) is 4.78. The number of carbonyl (C=O) groups is 1. The number of aromatic nitrogens is 1. The lowest BCUT2D eigenvalue weighted by Gasteiger charge is -2.31. The fourth-order valence-corrected chi connectivity index (χ4v) is 3.82. The molecule has 0 saturated carbocycles. The minimum Gasteiger partial charge on any atom is -0.437 e. The molecule has 0 unspecified atom stereocenters. The Hall–Kier alpha value is -2.18. The third-order valence-corrected chi connectivity index (χ3v) is 5.54. The van der Waals surface area contributed by atoms with Crippen molar-refractivity contribution in [3.63, 3.8) is 0 Å². The molecule has 0 radical (unpaired) electrons. The summed E-state index contributed by atoms with van der Waals surface area (Å²) in [4.78, 5) is 21.3. The van der Waals surface area contributed by atoms with Crippen LogP contribution >= 0.6 is 0 Å². The van der Waals surface area contributed by atoms with Gasteiger partial charge in [-0.25, -0.2) is 4.98 Å². The van der Waals surface area contributed by atoms with Crippen molar-refractivity contribution in [2.75, 3.05) is 26.7 Å². The van der Waals surface area contributed by atoms with Crippen LogP contribution in [0.4, 0.5) is 0 Å². The van der Waals surface area contributed by atoms with Crippen molar-refractivity contribution in [1.82, 2.24) is 14.8 Å². The first kappa shape index (κ1) is 17.2. The highest BCUT2D eigenvalue weighted by atomic mass is 16.5. The minimum absolute atomic E-state index is 0.116. The van der Waals surface area contributed by atoms with Crippen molar-refractivity contribution in [3.8, 4) is 0 Å². The Labute approximate surface area is 153 Å².